The highest BCUT2D eigenvalue weighted by molar-refractivity contribution is 5.94. The van der Waals surface area contributed by atoms with Crippen LogP contribution in [0, 0.1) is 5.92 Å². The van der Waals surface area contributed by atoms with Crippen molar-refractivity contribution in [1.82, 2.24) is 16.0 Å². The Morgan fingerprint density at radius 2 is 1.29 bits per heavy atom. The molecule has 1 aromatic carbocycles. The average molecular weight is 536 g/mol. The molecule has 1 aromatic rings. The van der Waals surface area contributed by atoms with Gasteiger partial charge in [0.05, 0.1) is 6.04 Å². The van der Waals surface area contributed by atoms with E-state index >= 15 is 0 Å². The number of amides is 4. The summed E-state index contributed by atoms with van der Waals surface area (Å²) in [7, 11) is 0. The van der Waals surface area contributed by atoms with Crippen LogP contribution in [0.3, 0.4) is 0 Å². The van der Waals surface area contributed by atoms with E-state index in [1.54, 1.807) is 30.3 Å². The lowest BCUT2D eigenvalue weighted by molar-refractivity contribution is -0.143. The largest absolute Gasteiger partial charge is 0.481 e. The van der Waals surface area contributed by atoms with E-state index in [4.69, 9.17) is 16.6 Å². The van der Waals surface area contributed by atoms with Crippen LogP contribution in [0.2, 0.25) is 0 Å². The molecule has 0 aliphatic rings. The van der Waals surface area contributed by atoms with E-state index in [0.29, 0.717) is 12.0 Å². The summed E-state index contributed by atoms with van der Waals surface area (Å²) in [5.74, 6) is -5.64. The molecule has 0 aliphatic carbocycles. The highest BCUT2D eigenvalue weighted by Crippen LogP contribution is 2.08. The van der Waals surface area contributed by atoms with Crippen molar-refractivity contribution in [3.05, 3.63) is 35.9 Å². The van der Waals surface area contributed by atoms with Crippen LogP contribution >= 0.6 is 0 Å². The Morgan fingerprint density at radius 3 is 1.76 bits per heavy atom. The van der Waals surface area contributed by atoms with Crippen LogP contribution in [-0.4, -0.2) is 69.9 Å². The van der Waals surface area contributed by atoms with Gasteiger partial charge in [-0.2, -0.15) is 0 Å². The number of carboxylic acids is 2. The molecule has 4 amide bonds. The van der Waals surface area contributed by atoms with Crippen molar-refractivity contribution < 1.29 is 39.0 Å². The Kier molecular flexibility index (Phi) is 13.5. The predicted molar refractivity (Wildman–Crippen MR) is 136 cm³/mol. The molecule has 38 heavy (non-hydrogen) atoms. The first-order valence-corrected chi connectivity index (χ1v) is 12.2. The minimum absolute atomic E-state index is 0.0491. The van der Waals surface area contributed by atoms with Gasteiger partial charge in [0.2, 0.25) is 23.6 Å². The van der Waals surface area contributed by atoms with Crippen molar-refractivity contribution in [3.63, 3.8) is 0 Å². The van der Waals surface area contributed by atoms with Gasteiger partial charge < -0.3 is 37.6 Å². The third-order valence-corrected chi connectivity index (χ3v) is 5.55. The van der Waals surface area contributed by atoms with Crippen LogP contribution in [0.1, 0.15) is 51.5 Å². The highest BCUT2D eigenvalue weighted by atomic mass is 16.4. The summed E-state index contributed by atoms with van der Waals surface area (Å²) in [5.41, 5.74) is 11.7. The van der Waals surface area contributed by atoms with Crippen molar-refractivity contribution in [2.75, 3.05) is 0 Å². The Hall–Kier alpha value is -4.00. The van der Waals surface area contributed by atoms with Gasteiger partial charge in [-0.15, -0.1) is 0 Å². The molecule has 0 radical (unpaired) electrons. The molecule has 4 unspecified atom stereocenters. The molecule has 0 saturated carbocycles. The van der Waals surface area contributed by atoms with Crippen molar-refractivity contribution >= 4 is 35.6 Å². The fourth-order valence-corrected chi connectivity index (χ4v) is 3.58. The van der Waals surface area contributed by atoms with E-state index < -0.39 is 66.2 Å². The number of hydrogen-bond donors (Lipinski definition) is 7. The first kappa shape index (κ1) is 32.0. The fourth-order valence-electron chi connectivity index (χ4n) is 3.58. The summed E-state index contributed by atoms with van der Waals surface area (Å²) in [6, 6.07) is 3.51. The quantitative estimate of drug-likeness (QED) is 0.133. The number of carbonyl (C=O) groups is 6. The number of benzene rings is 1. The van der Waals surface area contributed by atoms with Gasteiger partial charge in [-0.1, -0.05) is 44.2 Å². The second-order valence-corrected chi connectivity index (χ2v) is 9.38. The number of primary amides is 1. The zero-order valence-corrected chi connectivity index (χ0v) is 21.5. The van der Waals surface area contributed by atoms with E-state index in [1.165, 1.54) is 0 Å². The van der Waals surface area contributed by atoms with Gasteiger partial charge >= 0.3 is 11.9 Å². The molecular formula is C25H37N5O8. The summed E-state index contributed by atoms with van der Waals surface area (Å²) in [5, 5.41) is 25.8. The number of nitrogens with two attached hydrogens (primary N) is 2. The van der Waals surface area contributed by atoms with Crippen molar-refractivity contribution in [2.45, 2.75) is 76.5 Å². The first-order chi connectivity index (χ1) is 17.8. The predicted octanol–water partition coefficient (Wildman–Crippen LogP) is -0.728. The van der Waals surface area contributed by atoms with E-state index in [1.807, 2.05) is 13.8 Å². The second kappa shape index (κ2) is 16.0. The Bertz CT molecular complexity index is 985. The minimum Gasteiger partial charge on any atom is -0.481 e. The molecule has 13 nitrogen and oxygen atoms in total. The number of aliphatic carboxylic acids is 2. The standard InChI is InChI=1S/C25H37N5O8/c1-14(2)12-16(26)22(34)28-17(8-10-20(27)31)23(35)29-18(9-11-21(32)33)24(36)30-19(25(37)38)13-15-6-4-3-5-7-15/h3-7,14,16-19H,8-13,26H2,1-2H3,(H2,27,31)(H,28,34)(H,29,35)(H,30,36)(H,32,33)(H,37,38). The molecule has 13 heteroatoms. The summed E-state index contributed by atoms with van der Waals surface area (Å²) >= 11 is 0. The van der Waals surface area contributed by atoms with Gasteiger partial charge in [-0.25, -0.2) is 4.79 Å². The molecule has 0 aromatic heterocycles. The molecule has 0 aliphatic heterocycles. The molecular weight excluding hydrogens is 498 g/mol. The normalized spacial score (nSPS) is 14.0. The summed E-state index contributed by atoms with van der Waals surface area (Å²) in [6.07, 6.45) is -1.03. The molecule has 210 valence electrons. The summed E-state index contributed by atoms with van der Waals surface area (Å²) < 4.78 is 0. The van der Waals surface area contributed by atoms with Crippen LogP contribution < -0.4 is 27.4 Å². The lowest BCUT2D eigenvalue weighted by atomic mass is 10.0. The number of carboxylic acid groups (broad SMARTS) is 2. The molecule has 0 spiro atoms. The third-order valence-electron chi connectivity index (χ3n) is 5.55. The number of carbonyl (C=O) groups excluding carboxylic acids is 4. The monoisotopic (exact) mass is 535 g/mol. The molecule has 0 fully saturated rings. The average Bonchev–Trinajstić information content (AvgIpc) is 2.83. The SMILES string of the molecule is CC(C)CC(N)C(=O)NC(CCC(N)=O)C(=O)NC(CCC(=O)O)C(=O)NC(Cc1ccccc1)C(=O)O. The molecule has 9 N–H and O–H groups in total. The van der Waals surface area contributed by atoms with E-state index in [0.717, 1.165) is 0 Å². The van der Waals surface area contributed by atoms with Crippen molar-refractivity contribution in [2.24, 2.45) is 17.4 Å². The van der Waals surface area contributed by atoms with Crippen LogP contribution in [0.5, 0.6) is 0 Å². The first-order valence-electron chi connectivity index (χ1n) is 12.2. The Balaban J connectivity index is 3.06. The molecule has 0 heterocycles. The van der Waals surface area contributed by atoms with Gasteiger partial charge in [0, 0.05) is 19.3 Å². The van der Waals surface area contributed by atoms with Gasteiger partial charge in [-0.3, -0.25) is 24.0 Å². The van der Waals surface area contributed by atoms with E-state index in [-0.39, 0.29) is 31.6 Å². The van der Waals surface area contributed by atoms with Crippen LogP contribution in [0.4, 0.5) is 0 Å². The fraction of sp³-hybridized carbons (Fsp3) is 0.520. The molecule has 1 rings (SSSR count). The van der Waals surface area contributed by atoms with E-state index in [2.05, 4.69) is 16.0 Å². The summed E-state index contributed by atoms with van der Waals surface area (Å²) in [6.45, 7) is 3.72. The maximum atomic E-state index is 13.0. The lowest BCUT2D eigenvalue weighted by Crippen LogP contribution is -2.57. The topological polar surface area (TPSA) is 231 Å². The second-order valence-electron chi connectivity index (χ2n) is 9.38. The number of rotatable bonds is 17. The van der Waals surface area contributed by atoms with Crippen LogP contribution in [0.15, 0.2) is 30.3 Å². The summed E-state index contributed by atoms with van der Waals surface area (Å²) in [4.78, 5) is 72.7. The number of nitrogens with one attached hydrogen (secondary N) is 3. The van der Waals surface area contributed by atoms with Gasteiger partial charge in [0.25, 0.3) is 0 Å². The Labute approximate surface area is 220 Å². The van der Waals surface area contributed by atoms with E-state index in [9.17, 15) is 33.9 Å². The molecule has 0 bridgehead atoms. The Morgan fingerprint density at radius 1 is 0.789 bits per heavy atom. The maximum Gasteiger partial charge on any atom is 0.326 e. The minimum atomic E-state index is -1.44. The van der Waals surface area contributed by atoms with Gasteiger partial charge in [0.15, 0.2) is 0 Å². The van der Waals surface area contributed by atoms with Crippen molar-refractivity contribution in [3.8, 4) is 0 Å². The molecule has 4 atom stereocenters. The molecule has 0 saturated heterocycles. The third kappa shape index (κ3) is 12.3. The maximum absolute atomic E-state index is 13.0. The van der Waals surface area contributed by atoms with Gasteiger partial charge in [-0.05, 0) is 30.7 Å². The number of hydrogen-bond acceptors (Lipinski definition) is 7. The lowest BCUT2D eigenvalue weighted by Gasteiger charge is -2.25. The van der Waals surface area contributed by atoms with Crippen LogP contribution in [0.25, 0.3) is 0 Å². The smallest absolute Gasteiger partial charge is 0.326 e. The zero-order valence-electron chi connectivity index (χ0n) is 21.5. The highest BCUT2D eigenvalue weighted by Gasteiger charge is 2.31. The zero-order chi connectivity index (χ0) is 28.8. The van der Waals surface area contributed by atoms with Crippen molar-refractivity contribution in [1.29, 1.82) is 0 Å². The van der Waals surface area contributed by atoms with Gasteiger partial charge in [0.1, 0.15) is 18.1 Å². The van der Waals surface area contributed by atoms with Crippen LogP contribution in [-0.2, 0) is 35.2 Å².